The molecule has 0 bridgehead atoms. The van der Waals surface area contributed by atoms with Crippen LogP contribution >= 0.6 is 12.2 Å². The molecule has 1 heterocycles. The molecule has 0 spiro atoms. The lowest BCUT2D eigenvalue weighted by molar-refractivity contribution is -0.132. The van der Waals surface area contributed by atoms with Gasteiger partial charge in [-0.2, -0.15) is 0 Å². The first-order valence-electron chi connectivity index (χ1n) is 6.80. The minimum Gasteiger partial charge on any atom is -0.393 e. The lowest BCUT2D eigenvalue weighted by atomic mass is 10.00. The van der Waals surface area contributed by atoms with Gasteiger partial charge in [-0.15, -0.1) is 0 Å². The molecule has 4 nitrogen and oxygen atoms in total. The minimum absolute atomic E-state index is 0.0611. The van der Waals surface area contributed by atoms with E-state index in [1.165, 1.54) is 0 Å². The Morgan fingerprint density at radius 1 is 1.50 bits per heavy atom. The maximum absolute atomic E-state index is 12.4. The third-order valence-corrected chi connectivity index (χ3v) is 4.63. The second kappa shape index (κ2) is 5.53. The summed E-state index contributed by atoms with van der Waals surface area (Å²) in [5, 5.41) is 9.86. The summed E-state index contributed by atoms with van der Waals surface area (Å²) in [6.45, 7) is 3.47. The molecule has 1 saturated heterocycles. The van der Waals surface area contributed by atoms with Crippen LogP contribution in [0.1, 0.15) is 32.6 Å². The molecule has 3 N–H and O–H groups in total. The van der Waals surface area contributed by atoms with Gasteiger partial charge in [0.1, 0.15) is 0 Å². The quantitative estimate of drug-likeness (QED) is 0.746. The Hall–Kier alpha value is -0.680. The van der Waals surface area contributed by atoms with Gasteiger partial charge in [0.05, 0.1) is 17.0 Å². The Kier molecular flexibility index (Phi) is 4.22. The summed E-state index contributed by atoms with van der Waals surface area (Å²) in [6.07, 6.45) is 3.30. The van der Waals surface area contributed by atoms with E-state index in [2.05, 4.69) is 0 Å². The second-order valence-electron chi connectivity index (χ2n) is 5.56. The highest BCUT2D eigenvalue weighted by atomic mass is 32.1. The molecule has 0 aromatic heterocycles. The molecular formula is C13H22N2O2S. The average Bonchev–Trinajstić information content (AvgIpc) is 2.88. The summed E-state index contributed by atoms with van der Waals surface area (Å²) < 4.78 is 0. The molecule has 1 aliphatic carbocycles. The molecule has 1 saturated carbocycles. The molecule has 4 unspecified atom stereocenters. The van der Waals surface area contributed by atoms with E-state index in [0.29, 0.717) is 17.5 Å². The highest BCUT2D eigenvalue weighted by Gasteiger charge is 2.44. The van der Waals surface area contributed by atoms with Crippen LogP contribution in [0.3, 0.4) is 0 Å². The molecule has 1 amide bonds. The number of carbonyl (C=O) groups excluding carboxylic acids is 1. The van der Waals surface area contributed by atoms with Crippen LogP contribution < -0.4 is 5.73 Å². The van der Waals surface area contributed by atoms with Crippen molar-refractivity contribution >= 4 is 23.1 Å². The number of aliphatic hydroxyl groups excluding tert-OH is 1. The van der Waals surface area contributed by atoms with E-state index in [4.69, 9.17) is 18.0 Å². The molecule has 0 aromatic carbocycles. The summed E-state index contributed by atoms with van der Waals surface area (Å²) in [5.74, 6) is 0.479. The van der Waals surface area contributed by atoms with Crippen molar-refractivity contribution in [1.82, 2.24) is 4.90 Å². The third-order valence-electron chi connectivity index (χ3n) is 4.35. The number of aliphatic hydroxyl groups is 1. The van der Waals surface area contributed by atoms with Crippen LogP contribution in [0.4, 0.5) is 0 Å². The fourth-order valence-electron chi connectivity index (χ4n) is 3.31. The van der Waals surface area contributed by atoms with Gasteiger partial charge in [0, 0.05) is 19.0 Å². The van der Waals surface area contributed by atoms with Crippen molar-refractivity contribution in [3.63, 3.8) is 0 Å². The Morgan fingerprint density at radius 2 is 2.22 bits per heavy atom. The van der Waals surface area contributed by atoms with Gasteiger partial charge >= 0.3 is 0 Å². The Labute approximate surface area is 114 Å². The maximum Gasteiger partial charge on any atom is 0.232 e. The number of thiocarbonyl (C=S) groups is 1. The van der Waals surface area contributed by atoms with Crippen molar-refractivity contribution in [2.45, 2.75) is 38.7 Å². The van der Waals surface area contributed by atoms with Crippen LogP contribution in [0.2, 0.25) is 0 Å². The number of hydrogen-bond donors (Lipinski definition) is 2. The zero-order valence-electron chi connectivity index (χ0n) is 10.8. The third kappa shape index (κ3) is 2.52. The molecule has 4 atom stereocenters. The maximum atomic E-state index is 12.4. The fraction of sp³-hybridized carbons (Fsp3) is 0.846. The number of fused-ring (bicyclic) bond motifs is 1. The van der Waals surface area contributed by atoms with Crippen LogP contribution in [0.5, 0.6) is 0 Å². The molecule has 18 heavy (non-hydrogen) atoms. The van der Waals surface area contributed by atoms with E-state index in [9.17, 15) is 9.90 Å². The minimum atomic E-state index is -0.319. The first-order valence-corrected chi connectivity index (χ1v) is 7.21. The lowest BCUT2D eigenvalue weighted by Crippen LogP contribution is -2.40. The smallest absolute Gasteiger partial charge is 0.232 e. The summed E-state index contributed by atoms with van der Waals surface area (Å²) >= 11 is 5.00. The molecule has 0 radical (unpaired) electrons. The molecule has 5 heteroatoms. The molecule has 2 aliphatic rings. The zero-order valence-corrected chi connectivity index (χ0v) is 11.7. The van der Waals surface area contributed by atoms with Crippen molar-refractivity contribution in [3.8, 4) is 0 Å². The highest BCUT2D eigenvalue weighted by Crippen LogP contribution is 2.38. The molecule has 2 fully saturated rings. The van der Waals surface area contributed by atoms with Gasteiger partial charge in [0.15, 0.2) is 0 Å². The van der Waals surface area contributed by atoms with Crippen LogP contribution in [0.25, 0.3) is 0 Å². The van der Waals surface area contributed by atoms with Gasteiger partial charge in [-0.1, -0.05) is 25.6 Å². The molecule has 1 aliphatic heterocycles. The van der Waals surface area contributed by atoms with Gasteiger partial charge in [-0.05, 0) is 25.2 Å². The molecular weight excluding hydrogens is 248 g/mol. The van der Waals surface area contributed by atoms with Crippen molar-refractivity contribution in [3.05, 3.63) is 0 Å². The zero-order chi connectivity index (χ0) is 13.3. The SMILES string of the molecule is CCCC(C(=O)N1CC2CCC(O)C2C1)C(N)=S. The van der Waals surface area contributed by atoms with Crippen LogP contribution in [-0.4, -0.2) is 40.1 Å². The van der Waals surface area contributed by atoms with Crippen molar-refractivity contribution in [2.75, 3.05) is 13.1 Å². The topological polar surface area (TPSA) is 66.6 Å². The highest BCUT2D eigenvalue weighted by molar-refractivity contribution is 7.80. The van der Waals surface area contributed by atoms with Crippen LogP contribution in [-0.2, 0) is 4.79 Å². The van der Waals surface area contributed by atoms with Crippen molar-refractivity contribution in [1.29, 1.82) is 0 Å². The van der Waals surface area contributed by atoms with Gasteiger partial charge < -0.3 is 15.7 Å². The number of rotatable bonds is 4. The van der Waals surface area contributed by atoms with Crippen molar-refractivity contribution < 1.29 is 9.90 Å². The first-order chi connectivity index (χ1) is 8.54. The number of carbonyl (C=O) groups is 1. The van der Waals surface area contributed by atoms with Gasteiger partial charge in [0.25, 0.3) is 0 Å². The van der Waals surface area contributed by atoms with E-state index in [-0.39, 0.29) is 23.8 Å². The Morgan fingerprint density at radius 3 is 2.78 bits per heavy atom. The number of amides is 1. The predicted octanol–water partition coefficient (Wildman–Crippen LogP) is 0.918. The van der Waals surface area contributed by atoms with E-state index in [1.54, 1.807) is 0 Å². The van der Waals surface area contributed by atoms with E-state index < -0.39 is 0 Å². The number of nitrogens with two attached hydrogens (primary N) is 1. The number of likely N-dealkylation sites (tertiary alicyclic amines) is 1. The monoisotopic (exact) mass is 270 g/mol. The van der Waals surface area contributed by atoms with Gasteiger partial charge in [0.2, 0.25) is 5.91 Å². The largest absolute Gasteiger partial charge is 0.393 e. The molecule has 2 rings (SSSR count). The molecule has 0 aromatic rings. The normalized spacial score (nSPS) is 32.3. The summed E-state index contributed by atoms with van der Waals surface area (Å²) in [6, 6.07) is 0. The summed E-state index contributed by atoms with van der Waals surface area (Å²) in [4.78, 5) is 14.6. The van der Waals surface area contributed by atoms with E-state index in [1.807, 2.05) is 11.8 Å². The predicted molar refractivity (Wildman–Crippen MR) is 74.0 cm³/mol. The van der Waals surface area contributed by atoms with Crippen molar-refractivity contribution in [2.24, 2.45) is 23.5 Å². The van der Waals surface area contributed by atoms with Gasteiger partial charge in [-0.25, -0.2) is 0 Å². The van der Waals surface area contributed by atoms with Gasteiger partial charge in [-0.3, -0.25) is 4.79 Å². The second-order valence-corrected chi connectivity index (χ2v) is 6.03. The standard InChI is InChI=1S/C13H22N2O2S/c1-2-3-9(12(14)18)13(17)15-6-8-4-5-11(16)10(8)7-15/h8-11,16H,2-7H2,1H3,(H2,14,18). The van der Waals surface area contributed by atoms with Crippen LogP contribution in [0, 0.1) is 17.8 Å². The first kappa shape index (κ1) is 13.7. The average molecular weight is 270 g/mol. The summed E-state index contributed by atoms with van der Waals surface area (Å²) in [7, 11) is 0. The molecule has 102 valence electrons. The number of nitrogens with zero attached hydrogens (tertiary/aromatic N) is 1. The lowest BCUT2D eigenvalue weighted by Gasteiger charge is -2.23. The Bertz CT molecular complexity index is 348. The fourth-order valence-corrected chi connectivity index (χ4v) is 3.53. The van der Waals surface area contributed by atoms with Crippen LogP contribution in [0.15, 0.2) is 0 Å². The van der Waals surface area contributed by atoms with E-state index in [0.717, 1.165) is 32.2 Å². The van der Waals surface area contributed by atoms with E-state index >= 15 is 0 Å². The number of hydrogen-bond acceptors (Lipinski definition) is 3. The summed E-state index contributed by atoms with van der Waals surface area (Å²) in [5.41, 5.74) is 5.67. The Balaban J connectivity index is 2.00.